The Morgan fingerprint density at radius 1 is 1.22 bits per heavy atom. The first-order valence-corrected chi connectivity index (χ1v) is 7.03. The van der Waals surface area contributed by atoms with Crippen molar-refractivity contribution >= 4 is 22.6 Å². The van der Waals surface area contributed by atoms with Gasteiger partial charge in [0.2, 0.25) is 0 Å². The van der Waals surface area contributed by atoms with Gasteiger partial charge < -0.3 is 4.74 Å². The second-order valence-corrected chi connectivity index (χ2v) is 5.38. The molecule has 18 heavy (non-hydrogen) atoms. The highest BCUT2D eigenvalue weighted by Crippen LogP contribution is 2.30. The number of halogens is 1. The Morgan fingerprint density at radius 3 is 2.56 bits per heavy atom. The summed E-state index contributed by atoms with van der Waals surface area (Å²) in [4.78, 5) is 8.32. The Bertz CT molecular complexity index is 513. The second-order valence-electron chi connectivity index (χ2n) is 4.13. The molecule has 0 aliphatic heterocycles. The van der Waals surface area contributed by atoms with E-state index in [2.05, 4.69) is 52.5 Å². The van der Waals surface area contributed by atoms with Gasteiger partial charge in [-0.3, -0.25) is 0 Å². The minimum absolute atomic E-state index is 0.395. The second kappa shape index (κ2) is 6.13. The molecule has 2 rings (SSSR count). The van der Waals surface area contributed by atoms with Crippen LogP contribution in [-0.4, -0.2) is 9.97 Å². The molecule has 1 atom stereocenters. The molecule has 1 aromatic carbocycles. The summed E-state index contributed by atoms with van der Waals surface area (Å²) in [6, 6.07) is 8.45. The van der Waals surface area contributed by atoms with Gasteiger partial charge in [-0.1, -0.05) is 32.0 Å². The van der Waals surface area contributed by atoms with Crippen LogP contribution < -0.4 is 4.74 Å². The van der Waals surface area contributed by atoms with Gasteiger partial charge >= 0.3 is 6.01 Å². The van der Waals surface area contributed by atoms with E-state index in [0.717, 1.165) is 15.7 Å². The molecule has 0 spiro atoms. The average molecular weight is 354 g/mol. The van der Waals surface area contributed by atoms with Gasteiger partial charge in [0.05, 0.1) is 0 Å². The molecule has 0 amide bonds. The molecule has 0 N–H and O–H groups in total. The lowest BCUT2D eigenvalue weighted by atomic mass is 9.98. The highest BCUT2D eigenvalue weighted by Gasteiger charge is 2.11. The number of aromatic nitrogens is 2. The summed E-state index contributed by atoms with van der Waals surface area (Å²) in [6.45, 7) is 4.36. The van der Waals surface area contributed by atoms with Crippen molar-refractivity contribution in [2.24, 2.45) is 0 Å². The van der Waals surface area contributed by atoms with Gasteiger partial charge in [0.15, 0.2) is 0 Å². The summed E-state index contributed by atoms with van der Waals surface area (Å²) in [5, 5.41) is 0. The molecule has 3 nitrogen and oxygen atoms in total. The maximum atomic E-state index is 5.76. The van der Waals surface area contributed by atoms with Gasteiger partial charge in [-0.25, -0.2) is 9.97 Å². The van der Waals surface area contributed by atoms with E-state index in [1.54, 1.807) is 12.4 Å². The molecular formula is C14H15IN2O. The third-order valence-corrected chi connectivity index (χ3v) is 3.42. The number of nitrogens with zero attached hydrogens (tertiary/aromatic N) is 2. The van der Waals surface area contributed by atoms with Crippen LogP contribution in [0.5, 0.6) is 11.8 Å². The smallest absolute Gasteiger partial charge is 0.321 e. The summed E-state index contributed by atoms with van der Waals surface area (Å²) in [6.07, 6.45) is 4.57. The van der Waals surface area contributed by atoms with E-state index in [-0.39, 0.29) is 0 Å². The number of rotatable bonds is 4. The largest absolute Gasteiger partial charge is 0.424 e. The SMILES string of the molecule is CCC(C)c1ccccc1Oc1ncc(I)cn1. The van der Waals surface area contributed by atoms with Crippen molar-refractivity contribution in [3.8, 4) is 11.8 Å². The van der Waals surface area contributed by atoms with Crippen molar-refractivity contribution in [1.29, 1.82) is 0 Å². The van der Waals surface area contributed by atoms with Crippen LogP contribution in [0.3, 0.4) is 0 Å². The van der Waals surface area contributed by atoms with Crippen LogP contribution in [0.1, 0.15) is 31.7 Å². The average Bonchev–Trinajstić information content (AvgIpc) is 2.41. The molecule has 0 aliphatic carbocycles. The van der Waals surface area contributed by atoms with Crippen LogP contribution in [0.15, 0.2) is 36.7 Å². The van der Waals surface area contributed by atoms with Crippen LogP contribution in [0.2, 0.25) is 0 Å². The van der Waals surface area contributed by atoms with E-state index in [4.69, 9.17) is 4.74 Å². The number of hydrogen-bond donors (Lipinski definition) is 0. The Hall–Kier alpha value is -1.17. The van der Waals surface area contributed by atoms with E-state index in [1.165, 1.54) is 5.56 Å². The maximum Gasteiger partial charge on any atom is 0.321 e. The standard InChI is InChI=1S/C14H15IN2O/c1-3-10(2)12-6-4-5-7-13(12)18-14-16-8-11(15)9-17-14/h4-10H,3H2,1-2H3. The third kappa shape index (κ3) is 3.19. The van der Waals surface area contributed by atoms with Crippen LogP contribution in [-0.2, 0) is 0 Å². The molecule has 0 bridgehead atoms. The Balaban J connectivity index is 2.26. The molecule has 0 radical (unpaired) electrons. The molecule has 1 unspecified atom stereocenters. The minimum Gasteiger partial charge on any atom is -0.424 e. The van der Waals surface area contributed by atoms with Gasteiger partial charge in [0.1, 0.15) is 5.75 Å². The number of para-hydroxylation sites is 1. The van der Waals surface area contributed by atoms with Crippen molar-refractivity contribution in [3.05, 3.63) is 45.8 Å². The summed E-state index contributed by atoms with van der Waals surface area (Å²) >= 11 is 2.17. The highest BCUT2D eigenvalue weighted by atomic mass is 127. The molecule has 1 heterocycles. The molecule has 94 valence electrons. The van der Waals surface area contributed by atoms with Crippen molar-refractivity contribution in [3.63, 3.8) is 0 Å². The molecule has 0 saturated heterocycles. The van der Waals surface area contributed by atoms with Gasteiger partial charge in [0.25, 0.3) is 0 Å². The van der Waals surface area contributed by atoms with Gasteiger partial charge in [-0.05, 0) is 46.6 Å². The van der Waals surface area contributed by atoms with Gasteiger partial charge in [-0.15, -0.1) is 0 Å². The molecule has 2 aromatic rings. The fraction of sp³-hybridized carbons (Fsp3) is 0.286. The van der Waals surface area contributed by atoms with E-state index in [9.17, 15) is 0 Å². The normalized spacial score (nSPS) is 12.2. The third-order valence-electron chi connectivity index (χ3n) is 2.86. The number of hydrogen-bond acceptors (Lipinski definition) is 3. The lowest BCUT2D eigenvalue weighted by Gasteiger charge is -2.14. The first kappa shape index (κ1) is 13.3. The zero-order valence-corrected chi connectivity index (χ0v) is 12.6. The van der Waals surface area contributed by atoms with Crippen LogP contribution in [0.4, 0.5) is 0 Å². The lowest BCUT2D eigenvalue weighted by Crippen LogP contribution is -1.98. The van der Waals surface area contributed by atoms with E-state index in [1.807, 2.05) is 18.2 Å². The molecule has 1 aromatic heterocycles. The zero-order chi connectivity index (χ0) is 13.0. The zero-order valence-electron chi connectivity index (χ0n) is 10.4. The molecular weight excluding hydrogens is 339 g/mol. The summed E-state index contributed by atoms with van der Waals surface area (Å²) < 4.78 is 6.76. The van der Waals surface area contributed by atoms with Gasteiger partial charge in [0, 0.05) is 16.0 Å². The number of benzene rings is 1. The Labute approximate surface area is 121 Å². The van der Waals surface area contributed by atoms with Crippen molar-refractivity contribution < 1.29 is 4.74 Å². The first-order chi connectivity index (χ1) is 8.70. The van der Waals surface area contributed by atoms with E-state index >= 15 is 0 Å². The van der Waals surface area contributed by atoms with E-state index < -0.39 is 0 Å². The monoisotopic (exact) mass is 354 g/mol. The van der Waals surface area contributed by atoms with Crippen LogP contribution in [0, 0.1) is 3.57 Å². The molecule has 0 saturated carbocycles. The number of ether oxygens (including phenoxy) is 1. The maximum absolute atomic E-state index is 5.76. The van der Waals surface area contributed by atoms with Crippen molar-refractivity contribution in [2.75, 3.05) is 0 Å². The van der Waals surface area contributed by atoms with Gasteiger partial charge in [-0.2, -0.15) is 0 Å². The molecule has 0 aliphatic rings. The minimum atomic E-state index is 0.395. The highest BCUT2D eigenvalue weighted by molar-refractivity contribution is 14.1. The predicted molar refractivity (Wildman–Crippen MR) is 80.0 cm³/mol. The predicted octanol–water partition coefficient (Wildman–Crippen LogP) is 4.39. The molecule has 0 fully saturated rings. The quantitative estimate of drug-likeness (QED) is 0.764. The van der Waals surface area contributed by atoms with Crippen molar-refractivity contribution in [1.82, 2.24) is 9.97 Å². The fourth-order valence-corrected chi connectivity index (χ4v) is 1.93. The van der Waals surface area contributed by atoms with Crippen LogP contribution >= 0.6 is 22.6 Å². The Morgan fingerprint density at radius 2 is 1.89 bits per heavy atom. The Kier molecular flexibility index (Phi) is 4.52. The van der Waals surface area contributed by atoms with Crippen LogP contribution in [0.25, 0.3) is 0 Å². The summed E-state index contributed by atoms with van der Waals surface area (Å²) in [7, 11) is 0. The summed E-state index contributed by atoms with van der Waals surface area (Å²) in [5.74, 6) is 1.30. The fourth-order valence-electron chi connectivity index (χ4n) is 1.65. The summed E-state index contributed by atoms with van der Waals surface area (Å²) in [5.41, 5.74) is 1.20. The molecule has 4 heteroatoms. The topological polar surface area (TPSA) is 35.0 Å². The first-order valence-electron chi connectivity index (χ1n) is 5.95. The lowest BCUT2D eigenvalue weighted by molar-refractivity contribution is 0.432. The van der Waals surface area contributed by atoms with E-state index in [0.29, 0.717) is 11.9 Å². The van der Waals surface area contributed by atoms with Crippen molar-refractivity contribution in [2.45, 2.75) is 26.2 Å².